The molecule has 12 nitrogen and oxygen atoms in total. The zero-order chi connectivity index (χ0) is 25.9. The van der Waals surface area contributed by atoms with Crippen LogP contribution in [0.5, 0.6) is 5.75 Å². The highest BCUT2D eigenvalue weighted by molar-refractivity contribution is 6.00. The van der Waals surface area contributed by atoms with Gasteiger partial charge in [0.15, 0.2) is 17.3 Å². The predicted molar refractivity (Wildman–Crippen MR) is 119 cm³/mol. The average molecular weight is 455 g/mol. The van der Waals surface area contributed by atoms with Crippen molar-refractivity contribution in [1.29, 1.82) is 0 Å². The van der Waals surface area contributed by atoms with Crippen LogP contribution in [0.15, 0.2) is 28.8 Å². The molecule has 33 heavy (non-hydrogen) atoms. The summed E-state index contributed by atoms with van der Waals surface area (Å²) in [5.74, 6) is -0.167. The van der Waals surface area contributed by atoms with E-state index in [1.807, 2.05) is 5.32 Å². The fourth-order valence-electron chi connectivity index (χ4n) is 3.11. The number of rotatable bonds is 9. The van der Waals surface area contributed by atoms with E-state index in [0.29, 0.717) is 29.4 Å². The van der Waals surface area contributed by atoms with Gasteiger partial charge in [-0.05, 0) is 32.0 Å². The number of anilines is 3. The van der Waals surface area contributed by atoms with Gasteiger partial charge in [0, 0.05) is 23.1 Å². The van der Waals surface area contributed by atoms with Crippen molar-refractivity contribution in [3.05, 3.63) is 35.9 Å². The highest BCUT2D eigenvalue weighted by Crippen LogP contribution is 2.37. The summed E-state index contributed by atoms with van der Waals surface area (Å²) in [6.45, 7) is -2.36. The minimum Gasteiger partial charge on any atom is -0.494 e. The lowest BCUT2D eigenvalue weighted by Gasteiger charge is -2.16. The molecular weight excluding hydrogens is 428 g/mol. The number of carbonyl (C=O) groups is 2. The standard InChI is InChI=1S/C21H24N8O4/c1-22-10-16-26-19(29-33-16)12-5-4-6-13(18(12)32-3)24-14-9-15(25-20(30)11-7-8-11)27-28-17(14)21(31)23-2/h4-6,9,11,22H,7-8,10H2,1-3H3,(H,23,31)(H2,24,25,27,30)/i2D3. The molecular formula is C21H24N8O4. The van der Waals surface area contributed by atoms with Gasteiger partial charge in [0.2, 0.25) is 17.6 Å². The molecule has 12 heteroatoms. The van der Waals surface area contributed by atoms with E-state index in [1.54, 1.807) is 25.2 Å². The predicted octanol–water partition coefficient (Wildman–Crippen LogP) is 1.71. The first-order valence-corrected chi connectivity index (χ1v) is 10.1. The van der Waals surface area contributed by atoms with E-state index >= 15 is 0 Å². The van der Waals surface area contributed by atoms with Crippen molar-refractivity contribution in [1.82, 2.24) is 31.0 Å². The quantitative estimate of drug-likeness (QED) is 0.374. The van der Waals surface area contributed by atoms with Crippen LogP contribution in [0.25, 0.3) is 11.4 Å². The molecule has 1 aromatic carbocycles. The summed E-state index contributed by atoms with van der Waals surface area (Å²) in [7, 11) is 3.20. The zero-order valence-electron chi connectivity index (χ0n) is 20.9. The summed E-state index contributed by atoms with van der Waals surface area (Å²) in [4.78, 5) is 29.2. The van der Waals surface area contributed by atoms with Gasteiger partial charge < -0.3 is 30.5 Å². The van der Waals surface area contributed by atoms with Crippen molar-refractivity contribution in [2.24, 2.45) is 5.92 Å². The molecule has 0 unspecified atom stereocenters. The maximum Gasteiger partial charge on any atom is 0.273 e. The van der Waals surface area contributed by atoms with E-state index in [1.165, 1.54) is 13.2 Å². The summed E-state index contributed by atoms with van der Waals surface area (Å²) in [6.07, 6.45) is 1.58. The molecule has 172 valence electrons. The largest absolute Gasteiger partial charge is 0.494 e. The van der Waals surface area contributed by atoms with Crippen LogP contribution in [0.4, 0.5) is 17.2 Å². The van der Waals surface area contributed by atoms with E-state index in [-0.39, 0.29) is 34.8 Å². The molecule has 0 radical (unpaired) electrons. The second-order valence-corrected chi connectivity index (χ2v) is 7.26. The molecule has 2 heterocycles. The number of benzene rings is 1. The molecule has 0 bridgehead atoms. The monoisotopic (exact) mass is 455 g/mol. The minimum atomic E-state index is -2.74. The number of hydrogen-bond acceptors (Lipinski definition) is 10. The third-order valence-electron chi connectivity index (χ3n) is 4.85. The number of nitrogens with one attached hydrogen (secondary N) is 4. The lowest BCUT2D eigenvalue weighted by molar-refractivity contribution is -0.117. The molecule has 1 saturated carbocycles. The van der Waals surface area contributed by atoms with Gasteiger partial charge in [-0.1, -0.05) is 11.2 Å². The van der Waals surface area contributed by atoms with Crippen molar-refractivity contribution in [2.75, 3.05) is 31.8 Å². The van der Waals surface area contributed by atoms with E-state index in [0.717, 1.165) is 12.8 Å². The number of para-hydroxylation sites is 1. The zero-order valence-corrected chi connectivity index (χ0v) is 17.9. The Balaban J connectivity index is 1.70. The number of carbonyl (C=O) groups excluding carboxylic acids is 2. The summed E-state index contributed by atoms with van der Waals surface area (Å²) in [5.41, 5.74) is 0.702. The number of aromatic nitrogens is 4. The van der Waals surface area contributed by atoms with Crippen LogP contribution >= 0.6 is 0 Å². The molecule has 0 aliphatic heterocycles. The molecule has 3 aromatic rings. The first-order valence-electron chi connectivity index (χ1n) is 11.6. The van der Waals surface area contributed by atoms with Crippen LogP contribution in [0.2, 0.25) is 0 Å². The second-order valence-electron chi connectivity index (χ2n) is 7.26. The Morgan fingerprint density at radius 2 is 2.12 bits per heavy atom. The van der Waals surface area contributed by atoms with Crippen molar-refractivity contribution in [3.8, 4) is 17.1 Å². The Morgan fingerprint density at radius 1 is 1.27 bits per heavy atom. The summed E-state index contributed by atoms with van der Waals surface area (Å²) < 4.78 is 32.8. The van der Waals surface area contributed by atoms with Gasteiger partial charge in [0.25, 0.3) is 5.91 Å². The summed E-state index contributed by atoms with van der Waals surface area (Å²) in [6, 6.07) is 6.51. The fourth-order valence-corrected chi connectivity index (χ4v) is 3.11. The number of ether oxygens (including phenoxy) is 1. The molecule has 1 aliphatic rings. The Kier molecular flexibility index (Phi) is 5.39. The summed E-state index contributed by atoms with van der Waals surface area (Å²) >= 11 is 0. The molecule has 0 atom stereocenters. The first-order chi connectivity index (χ1) is 17.2. The number of methoxy groups -OCH3 is 1. The fraction of sp³-hybridized carbons (Fsp3) is 0.333. The number of amides is 2. The Hall–Kier alpha value is -4.06. The third kappa shape index (κ3) is 4.90. The van der Waals surface area contributed by atoms with Gasteiger partial charge in [-0.3, -0.25) is 9.59 Å². The Bertz CT molecular complexity index is 1280. The SMILES string of the molecule is [2H]C([2H])([2H])NC(=O)c1nnc(NC(=O)C2CC2)cc1Nc1cccc(-c2noc(CNC)n2)c1OC. The van der Waals surface area contributed by atoms with Crippen LogP contribution < -0.4 is 26.0 Å². The van der Waals surface area contributed by atoms with Crippen LogP contribution in [-0.4, -0.2) is 53.3 Å². The van der Waals surface area contributed by atoms with Crippen LogP contribution in [0.1, 0.15) is 33.3 Å². The third-order valence-corrected chi connectivity index (χ3v) is 4.85. The Labute approximate surface area is 193 Å². The summed E-state index contributed by atoms with van der Waals surface area (Å²) in [5, 5.41) is 22.2. The molecule has 1 fully saturated rings. The van der Waals surface area contributed by atoms with Crippen molar-refractivity contribution in [2.45, 2.75) is 19.4 Å². The highest BCUT2D eigenvalue weighted by atomic mass is 16.5. The van der Waals surface area contributed by atoms with Crippen LogP contribution in [0.3, 0.4) is 0 Å². The number of hydrogen-bond donors (Lipinski definition) is 4. The maximum absolute atomic E-state index is 12.7. The van der Waals surface area contributed by atoms with Gasteiger partial charge in [-0.25, -0.2) is 0 Å². The average Bonchev–Trinajstić information content (AvgIpc) is 3.57. The van der Waals surface area contributed by atoms with Gasteiger partial charge in [-0.2, -0.15) is 4.98 Å². The topological polar surface area (TPSA) is 156 Å². The molecule has 0 saturated heterocycles. The normalized spacial score (nSPS) is 14.5. The van der Waals surface area contributed by atoms with Crippen molar-refractivity contribution >= 4 is 29.0 Å². The van der Waals surface area contributed by atoms with Gasteiger partial charge in [-0.15, -0.1) is 10.2 Å². The van der Waals surface area contributed by atoms with E-state index < -0.39 is 12.9 Å². The van der Waals surface area contributed by atoms with E-state index in [2.05, 4.69) is 36.3 Å². The lowest BCUT2D eigenvalue weighted by Crippen LogP contribution is -2.22. The maximum atomic E-state index is 12.7. The van der Waals surface area contributed by atoms with Gasteiger partial charge in [0.05, 0.1) is 30.6 Å². The highest BCUT2D eigenvalue weighted by Gasteiger charge is 2.30. The smallest absolute Gasteiger partial charge is 0.273 e. The van der Waals surface area contributed by atoms with Gasteiger partial charge in [0.1, 0.15) is 0 Å². The minimum absolute atomic E-state index is 0.0821. The van der Waals surface area contributed by atoms with Crippen molar-refractivity contribution < 1.29 is 23.0 Å². The van der Waals surface area contributed by atoms with Crippen molar-refractivity contribution in [3.63, 3.8) is 0 Å². The Morgan fingerprint density at radius 3 is 2.85 bits per heavy atom. The first kappa shape index (κ1) is 18.5. The molecule has 2 aromatic heterocycles. The molecule has 4 rings (SSSR count). The molecule has 2 amide bonds. The lowest BCUT2D eigenvalue weighted by atomic mass is 10.1. The molecule has 0 spiro atoms. The van der Waals surface area contributed by atoms with Gasteiger partial charge >= 0.3 is 0 Å². The van der Waals surface area contributed by atoms with E-state index in [9.17, 15) is 9.59 Å². The number of nitrogens with zero attached hydrogens (tertiary/aromatic N) is 4. The van der Waals surface area contributed by atoms with Crippen LogP contribution in [-0.2, 0) is 11.3 Å². The molecule has 4 N–H and O–H groups in total. The second kappa shape index (κ2) is 9.61. The van der Waals surface area contributed by atoms with E-state index in [4.69, 9.17) is 13.4 Å². The molecule has 1 aliphatic carbocycles. The van der Waals surface area contributed by atoms with Crippen LogP contribution in [0, 0.1) is 5.92 Å².